The van der Waals surface area contributed by atoms with Gasteiger partial charge in [0.2, 0.25) is 0 Å². The fourth-order valence-corrected chi connectivity index (χ4v) is 5.14. The van der Waals surface area contributed by atoms with E-state index in [0.717, 1.165) is 18.5 Å². The topological polar surface area (TPSA) is 95.1 Å². The van der Waals surface area contributed by atoms with Crippen molar-refractivity contribution in [2.45, 2.75) is 42.8 Å². The molecule has 0 spiro atoms. The quantitative estimate of drug-likeness (QED) is 0.789. The molecule has 8 heteroatoms. The van der Waals surface area contributed by atoms with E-state index in [1.807, 2.05) is 6.07 Å². The lowest BCUT2D eigenvalue weighted by molar-refractivity contribution is 0.181. The van der Waals surface area contributed by atoms with Gasteiger partial charge in [-0.2, -0.15) is 5.10 Å². The van der Waals surface area contributed by atoms with Crippen molar-refractivity contribution in [2.75, 3.05) is 5.32 Å². The number of halogens is 1. The van der Waals surface area contributed by atoms with Gasteiger partial charge in [0.1, 0.15) is 0 Å². The minimum Gasteiger partial charge on any atom is -0.393 e. The summed E-state index contributed by atoms with van der Waals surface area (Å²) in [4.78, 5) is 0. The van der Waals surface area contributed by atoms with Crippen LogP contribution < -0.4 is 5.32 Å². The molecule has 24 heavy (non-hydrogen) atoms. The molecule has 0 bridgehead atoms. The summed E-state index contributed by atoms with van der Waals surface area (Å²) >= 11 is 0. The van der Waals surface area contributed by atoms with Gasteiger partial charge in [-0.05, 0) is 30.9 Å². The van der Waals surface area contributed by atoms with Gasteiger partial charge in [0.05, 0.1) is 23.3 Å². The van der Waals surface area contributed by atoms with Crippen molar-refractivity contribution in [1.29, 1.82) is 0 Å². The third-order valence-electron chi connectivity index (χ3n) is 4.79. The molecule has 6 nitrogen and oxygen atoms in total. The van der Waals surface area contributed by atoms with Crippen LogP contribution in [-0.4, -0.2) is 29.8 Å². The third kappa shape index (κ3) is 2.80. The molecule has 1 aromatic carbocycles. The number of aliphatic hydroxyl groups excluding tert-OH is 1. The van der Waals surface area contributed by atoms with E-state index in [1.165, 1.54) is 0 Å². The number of nitrogens with zero attached hydrogens (tertiary/aromatic N) is 1. The largest absolute Gasteiger partial charge is 0.393 e. The first-order valence-electron chi connectivity index (χ1n) is 7.92. The molecule has 0 amide bonds. The summed E-state index contributed by atoms with van der Waals surface area (Å²) in [6, 6.07) is 5.00. The first-order valence-corrected chi connectivity index (χ1v) is 9.74. The van der Waals surface area contributed by atoms with Crippen LogP contribution in [-0.2, 0) is 21.3 Å². The summed E-state index contributed by atoms with van der Waals surface area (Å²) in [6.07, 6.45) is 2.10. The smallest absolute Gasteiger partial charge is 0.158 e. The van der Waals surface area contributed by atoms with Gasteiger partial charge in [0, 0.05) is 23.2 Å². The molecule has 3 N–H and O–H groups in total. The molecular weight excluding hydrogens is 333 g/mol. The van der Waals surface area contributed by atoms with Crippen molar-refractivity contribution in [3.05, 3.63) is 40.8 Å². The second kappa shape index (κ2) is 5.56. The maximum Gasteiger partial charge on any atom is 0.158 e. The summed E-state index contributed by atoms with van der Waals surface area (Å²) in [7, 11) is -3.24. The zero-order valence-corrected chi connectivity index (χ0v) is 13.7. The number of benzene rings is 1. The molecule has 2 atom stereocenters. The van der Waals surface area contributed by atoms with Crippen LogP contribution in [0, 0.1) is 5.82 Å². The van der Waals surface area contributed by atoms with Crippen LogP contribution in [0.25, 0.3) is 0 Å². The van der Waals surface area contributed by atoms with E-state index in [-0.39, 0.29) is 34.8 Å². The molecule has 2 aromatic rings. The van der Waals surface area contributed by atoms with Crippen LogP contribution in [0.4, 0.5) is 15.9 Å². The van der Waals surface area contributed by atoms with Gasteiger partial charge < -0.3 is 10.4 Å². The van der Waals surface area contributed by atoms with Crippen LogP contribution in [0.15, 0.2) is 18.2 Å². The fourth-order valence-electron chi connectivity index (χ4n) is 3.54. The van der Waals surface area contributed by atoms with Gasteiger partial charge in [-0.3, -0.25) is 5.10 Å². The standard InChI is InChI=1S/C16H18FN3O3S/c17-16-12-8-24(22,23)7-10(12)2-4-13(16)18-15-6-14(19-20-15)9-1-3-11(21)5-9/h2,4,6,9,11,21H,1,3,5,7-8H2,(H2,18,19,20)/t9-,11+/m0/s1. The molecule has 2 aliphatic rings. The first kappa shape index (κ1) is 15.6. The Morgan fingerprint density at radius 2 is 2.12 bits per heavy atom. The van der Waals surface area contributed by atoms with Crippen molar-refractivity contribution in [3.8, 4) is 0 Å². The van der Waals surface area contributed by atoms with E-state index in [1.54, 1.807) is 12.1 Å². The number of sulfone groups is 1. The SMILES string of the molecule is O=S1(=O)Cc2ccc(Nc3cc([C@H]4CC[C@@H](O)C4)[nH]n3)c(F)c2C1. The zero-order valence-electron chi connectivity index (χ0n) is 12.9. The normalized spacial score (nSPS) is 24.9. The zero-order chi connectivity index (χ0) is 16.9. The number of fused-ring (bicyclic) bond motifs is 1. The van der Waals surface area contributed by atoms with Gasteiger partial charge in [0.15, 0.2) is 21.5 Å². The predicted molar refractivity (Wildman–Crippen MR) is 87.2 cm³/mol. The number of rotatable bonds is 3. The summed E-state index contributed by atoms with van der Waals surface area (Å²) in [6.45, 7) is 0. The number of hydrogen-bond acceptors (Lipinski definition) is 5. The van der Waals surface area contributed by atoms with Crippen LogP contribution in [0.2, 0.25) is 0 Å². The highest BCUT2D eigenvalue weighted by molar-refractivity contribution is 7.90. The Bertz CT molecular complexity index is 894. The number of aromatic nitrogens is 2. The number of aromatic amines is 1. The lowest BCUT2D eigenvalue weighted by atomic mass is 10.0. The van der Waals surface area contributed by atoms with E-state index in [4.69, 9.17) is 0 Å². The molecule has 2 heterocycles. The van der Waals surface area contributed by atoms with Crippen LogP contribution in [0.3, 0.4) is 0 Å². The Morgan fingerprint density at radius 1 is 1.29 bits per heavy atom. The van der Waals surface area contributed by atoms with Gasteiger partial charge in [-0.1, -0.05) is 6.07 Å². The molecule has 1 aliphatic carbocycles. The summed E-state index contributed by atoms with van der Waals surface area (Å²) in [5, 5.41) is 19.6. The minimum atomic E-state index is -3.24. The predicted octanol–water partition coefficient (Wildman–Crippen LogP) is 2.35. The van der Waals surface area contributed by atoms with Gasteiger partial charge in [-0.25, -0.2) is 12.8 Å². The highest BCUT2D eigenvalue weighted by Gasteiger charge is 2.29. The van der Waals surface area contributed by atoms with E-state index in [2.05, 4.69) is 15.5 Å². The molecule has 1 saturated carbocycles. The maximum atomic E-state index is 14.6. The average Bonchev–Trinajstić information content (AvgIpc) is 3.20. The Balaban J connectivity index is 1.56. The molecule has 128 valence electrons. The van der Waals surface area contributed by atoms with Crippen molar-refractivity contribution in [2.24, 2.45) is 0 Å². The molecule has 1 aliphatic heterocycles. The number of anilines is 2. The fraction of sp³-hybridized carbons (Fsp3) is 0.438. The van der Waals surface area contributed by atoms with E-state index < -0.39 is 15.7 Å². The van der Waals surface area contributed by atoms with Crippen molar-refractivity contribution >= 4 is 21.3 Å². The number of H-pyrrole nitrogens is 1. The third-order valence-corrected chi connectivity index (χ3v) is 6.26. The van der Waals surface area contributed by atoms with Crippen molar-refractivity contribution in [3.63, 3.8) is 0 Å². The monoisotopic (exact) mass is 351 g/mol. The van der Waals surface area contributed by atoms with E-state index >= 15 is 0 Å². The molecule has 4 rings (SSSR count). The average molecular weight is 351 g/mol. The summed E-state index contributed by atoms with van der Waals surface area (Å²) in [5.41, 5.74) is 1.91. The van der Waals surface area contributed by atoms with E-state index in [0.29, 0.717) is 17.8 Å². The molecular formula is C16H18FN3O3S. The maximum absolute atomic E-state index is 14.6. The van der Waals surface area contributed by atoms with Crippen LogP contribution >= 0.6 is 0 Å². The van der Waals surface area contributed by atoms with Crippen LogP contribution in [0.5, 0.6) is 0 Å². The molecule has 1 fully saturated rings. The van der Waals surface area contributed by atoms with Gasteiger partial charge >= 0.3 is 0 Å². The molecule has 1 aromatic heterocycles. The van der Waals surface area contributed by atoms with E-state index in [9.17, 15) is 17.9 Å². The lowest BCUT2D eigenvalue weighted by Gasteiger charge is -2.08. The highest BCUT2D eigenvalue weighted by atomic mass is 32.2. The molecule has 0 unspecified atom stereocenters. The Labute approximate surface area is 139 Å². The first-order chi connectivity index (χ1) is 11.4. The minimum absolute atomic E-state index is 0.101. The number of hydrogen-bond donors (Lipinski definition) is 3. The van der Waals surface area contributed by atoms with Crippen LogP contribution in [0.1, 0.15) is 42.0 Å². The van der Waals surface area contributed by atoms with Gasteiger partial charge in [0.25, 0.3) is 0 Å². The Kier molecular flexibility index (Phi) is 3.61. The Morgan fingerprint density at radius 3 is 2.88 bits per heavy atom. The van der Waals surface area contributed by atoms with Crippen molar-refractivity contribution < 1.29 is 17.9 Å². The molecule has 0 radical (unpaired) electrons. The number of aliphatic hydroxyl groups is 1. The van der Waals surface area contributed by atoms with Crippen molar-refractivity contribution in [1.82, 2.24) is 10.2 Å². The second-order valence-corrected chi connectivity index (χ2v) is 8.66. The van der Waals surface area contributed by atoms with Gasteiger partial charge in [-0.15, -0.1) is 0 Å². The summed E-state index contributed by atoms with van der Waals surface area (Å²) < 4.78 is 37.9. The highest BCUT2D eigenvalue weighted by Crippen LogP contribution is 2.35. The lowest BCUT2D eigenvalue weighted by Crippen LogP contribution is -1.99. The number of nitrogens with one attached hydrogen (secondary N) is 2. The molecule has 0 saturated heterocycles. The summed E-state index contributed by atoms with van der Waals surface area (Å²) in [5.74, 6) is -0.176. The Hall–Kier alpha value is -1.93. The second-order valence-electron chi connectivity index (χ2n) is 6.59.